The molecule has 0 fully saturated rings. The molecule has 3 aromatic rings. The number of pyridine rings is 1. The summed E-state index contributed by atoms with van der Waals surface area (Å²) >= 11 is 0. The number of aryl methyl sites for hydroxylation is 1. The predicted molar refractivity (Wildman–Crippen MR) is 110 cm³/mol. The highest BCUT2D eigenvalue weighted by Crippen LogP contribution is 2.14. The molecule has 158 valence electrons. The molecular formula is C19H20F2N6O2S. The van der Waals surface area contributed by atoms with Crippen LogP contribution in [0.2, 0.25) is 0 Å². The molecule has 0 spiro atoms. The van der Waals surface area contributed by atoms with E-state index in [0.717, 1.165) is 23.8 Å². The zero-order chi connectivity index (χ0) is 21.6. The molecule has 0 atom stereocenters. The molecule has 8 nitrogen and oxygen atoms in total. The first kappa shape index (κ1) is 21.5. The number of hydrogen-bond acceptors (Lipinski definition) is 7. The minimum atomic E-state index is -3.82. The molecule has 0 saturated heterocycles. The number of aromatic nitrogens is 3. The van der Waals surface area contributed by atoms with Crippen LogP contribution < -0.4 is 15.4 Å². The lowest BCUT2D eigenvalue weighted by Gasteiger charge is -2.09. The Morgan fingerprint density at radius 3 is 2.43 bits per heavy atom. The first-order chi connectivity index (χ1) is 14.3. The highest BCUT2D eigenvalue weighted by atomic mass is 32.2. The lowest BCUT2D eigenvalue weighted by atomic mass is 10.2. The summed E-state index contributed by atoms with van der Waals surface area (Å²) in [5.41, 5.74) is 0.828. The van der Waals surface area contributed by atoms with Gasteiger partial charge in [-0.3, -0.25) is 0 Å². The quantitative estimate of drug-likeness (QED) is 0.444. The topological polar surface area (TPSA) is 109 Å². The molecule has 0 amide bonds. The van der Waals surface area contributed by atoms with E-state index in [9.17, 15) is 17.2 Å². The third-order valence-electron chi connectivity index (χ3n) is 3.94. The van der Waals surface area contributed by atoms with Gasteiger partial charge in [0.1, 0.15) is 23.3 Å². The number of rotatable bonds is 9. The number of benzene rings is 1. The number of nitrogens with one attached hydrogen (secondary N) is 3. The smallest absolute Gasteiger partial charge is 0.215 e. The Hall–Kier alpha value is -3.18. The Morgan fingerprint density at radius 2 is 1.70 bits per heavy atom. The maximum absolute atomic E-state index is 13.6. The zero-order valence-electron chi connectivity index (χ0n) is 16.1. The third kappa shape index (κ3) is 6.42. The summed E-state index contributed by atoms with van der Waals surface area (Å²) in [5, 5.41) is 14.0. The van der Waals surface area contributed by atoms with Gasteiger partial charge in [-0.05, 0) is 55.0 Å². The van der Waals surface area contributed by atoms with E-state index in [1.165, 1.54) is 0 Å². The average molecular weight is 434 g/mol. The van der Waals surface area contributed by atoms with Crippen molar-refractivity contribution < 1.29 is 17.2 Å². The van der Waals surface area contributed by atoms with Gasteiger partial charge in [0.25, 0.3) is 0 Å². The van der Waals surface area contributed by atoms with E-state index in [2.05, 4.69) is 30.5 Å². The normalized spacial score (nSPS) is 11.3. The van der Waals surface area contributed by atoms with Crippen LogP contribution in [0.25, 0.3) is 0 Å². The molecule has 3 N–H and O–H groups in total. The number of anilines is 3. The van der Waals surface area contributed by atoms with Crippen LogP contribution in [0, 0.1) is 18.6 Å². The molecule has 0 bridgehead atoms. The van der Waals surface area contributed by atoms with Crippen molar-refractivity contribution >= 4 is 27.5 Å². The first-order valence-electron chi connectivity index (χ1n) is 8.99. The molecular weight excluding hydrogens is 414 g/mol. The summed E-state index contributed by atoms with van der Waals surface area (Å²) in [6.45, 7) is 2.22. The standard InChI is InChI=1S/C19H20F2N6O2S/c1-13-6-7-22-19(10-13)25-18-5-4-17(26-27-18)23-8-9-24-30(28,29)12-14-11-15(20)2-3-16(14)21/h2-7,10-11,24H,8-9,12H2,1H3,(H,23,26)(H,22,25,27). The number of halogens is 2. The van der Waals surface area contributed by atoms with E-state index in [1.54, 1.807) is 18.3 Å². The summed E-state index contributed by atoms with van der Waals surface area (Å²) in [4.78, 5) is 4.18. The zero-order valence-corrected chi connectivity index (χ0v) is 16.9. The van der Waals surface area contributed by atoms with E-state index in [4.69, 9.17) is 0 Å². The fourth-order valence-electron chi connectivity index (χ4n) is 2.54. The van der Waals surface area contributed by atoms with Crippen molar-refractivity contribution in [3.05, 3.63) is 71.4 Å². The Balaban J connectivity index is 1.46. The lowest BCUT2D eigenvalue weighted by Crippen LogP contribution is -2.30. The fourth-order valence-corrected chi connectivity index (χ4v) is 3.68. The van der Waals surface area contributed by atoms with Crippen LogP contribution in [0.3, 0.4) is 0 Å². The molecule has 2 heterocycles. The van der Waals surface area contributed by atoms with Gasteiger partial charge in [-0.2, -0.15) is 0 Å². The van der Waals surface area contributed by atoms with Gasteiger partial charge in [0, 0.05) is 24.8 Å². The van der Waals surface area contributed by atoms with E-state index >= 15 is 0 Å². The second-order valence-electron chi connectivity index (χ2n) is 6.46. The molecule has 0 saturated carbocycles. The monoisotopic (exact) mass is 434 g/mol. The third-order valence-corrected chi connectivity index (χ3v) is 5.28. The van der Waals surface area contributed by atoms with Crippen LogP contribution >= 0.6 is 0 Å². The fraction of sp³-hybridized carbons (Fsp3) is 0.211. The van der Waals surface area contributed by atoms with Gasteiger partial charge < -0.3 is 10.6 Å². The van der Waals surface area contributed by atoms with Crippen LogP contribution in [-0.4, -0.2) is 36.7 Å². The van der Waals surface area contributed by atoms with Crippen molar-refractivity contribution in [3.63, 3.8) is 0 Å². The molecule has 0 aliphatic carbocycles. The van der Waals surface area contributed by atoms with Crippen LogP contribution in [0.15, 0.2) is 48.7 Å². The van der Waals surface area contributed by atoms with Crippen LogP contribution in [-0.2, 0) is 15.8 Å². The Labute approximate surface area is 172 Å². The Bertz CT molecular complexity index is 1110. The van der Waals surface area contributed by atoms with Gasteiger partial charge in [0.05, 0.1) is 5.75 Å². The molecule has 0 aliphatic rings. The summed E-state index contributed by atoms with van der Waals surface area (Å²) in [6.07, 6.45) is 1.69. The second kappa shape index (κ2) is 9.55. The molecule has 2 aromatic heterocycles. The summed E-state index contributed by atoms with van der Waals surface area (Å²) in [7, 11) is -3.82. The highest BCUT2D eigenvalue weighted by Gasteiger charge is 2.15. The second-order valence-corrected chi connectivity index (χ2v) is 8.27. The molecule has 0 radical (unpaired) electrons. The van der Waals surface area contributed by atoms with E-state index < -0.39 is 27.4 Å². The predicted octanol–water partition coefficient (Wildman–Crippen LogP) is 2.73. The number of hydrogen-bond donors (Lipinski definition) is 3. The van der Waals surface area contributed by atoms with E-state index in [0.29, 0.717) is 17.5 Å². The lowest BCUT2D eigenvalue weighted by molar-refractivity contribution is 0.571. The van der Waals surface area contributed by atoms with E-state index in [1.807, 2.05) is 19.1 Å². The molecule has 0 aliphatic heterocycles. The Kier molecular flexibility index (Phi) is 6.85. The van der Waals surface area contributed by atoms with Crippen LogP contribution in [0.1, 0.15) is 11.1 Å². The first-order valence-corrected chi connectivity index (χ1v) is 10.6. The maximum Gasteiger partial charge on any atom is 0.215 e. The molecule has 0 unspecified atom stereocenters. The van der Waals surface area contributed by atoms with Gasteiger partial charge in [0.15, 0.2) is 5.82 Å². The average Bonchev–Trinajstić information content (AvgIpc) is 2.69. The van der Waals surface area contributed by atoms with Gasteiger partial charge in [-0.15, -0.1) is 10.2 Å². The summed E-state index contributed by atoms with van der Waals surface area (Å²) in [6, 6.07) is 9.83. The van der Waals surface area contributed by atoms with Gasteiger partial charge in [0.2, 0.25) is 10.0 Å². The van der Waals surface area contributed by atoms with Crippen LogP contribution in [0.5, 0.6) is 0 Å². The van der Waals surface area contributed by atoms with Crippen molar-refractivity contribution in [3.8, 4) is 0 Å². The number of nitrogens with zero attached hydrogens (tertiary/aromatic N) is 3. The van der Waals surface area contributed by atoms with Crippen molar-refractivity contribution in [2.45, 2.75) is 12.7 Å². The Morgan fingerprint density at radius 1 is 0.933 bits per heavy atom. The van der Waals surface area contributed by atoms with Crippen molar-refractivity contribution in [1.29, 1.82) is 0 Å². The maximum atomic E-state index is 13.6. The molecule has 11 heteroatoms. The van der Waals surface area contributed by atoms with E-state index in [-0.39, 0.29) is 18.7 Å². The van der Waals surface area contributed by atoms with Crippen molar-refractivity contribution in [1.82, 2.24) is 19.9 Å². The number of sulfonamides is 1. The summed E-state index contributed by atoms with van der Waals surface area (Å²) < 4.78 is 53.2. The summed E-state index contributed by atoms with van der Waals surface area (Å²) in [5.74, 6) is -0.509. The molecule has 30 heavy (non-hydrogen) atoms. The minimum absolute atomic E-state index is 0.0359. The van der Waals surface area contributed by atoms with Crippen molar-refractivity contribution in [2.24, 2.45) is 0 Å². The largest absolute Gasteiger partial charge is 0.367 e. The van der Waals surface area contributed by atoms with Gasteiger partial charge in [-0.1, -0.05) is 0 Å². The SMILES string of the molecule is Cc1ccnc(Nc2ccc(NCCNS(=O)(=O)Cc3cc(F)ccc3F)nn2)c1. The van der Waals surface area contributed by atoms with Gasteiger partial charge >= 0.3 is 0 Å². The highest BCUT2D eigenvalue weighted by molar-refractivity contribution is 7.88. The van der Waals surface area contributed by atoms with Gasteiger partial charge in [-0.25, -0.2) is 26.9 Å². The molecule has 1 aromatic carbocycles. The van der Waals surface area contributed by atoms with Crippen molar-refractivity contribution in [2.75, 3.05) is 23.7 Å². The van der Waals surface area contributed by atoms with Crippen LogP contribution in [0.4, 0.5) is 26.2 Å². The minimum Gasteiger partial charge on any atom is -0.367 e. The molecule has 3 rings (SSSR count).